The number of hydrogen-bond donors (Lipinski definition) is 1. The second-order valence-electron chi connectivity index (χ2n) is 4.04. The van der Waals surface area contributed by atoms with Crippen LogP contribution < -0.4 is 4.74 Å². The SMILES string of the molecule is OC(CCc1cccs1)COc1ccc(Cl)cc1. The predicted molar refractivity (Wildman–Crippen MR) is 75.6 cm³/mol. The van der Waals surface area contributed by atoms with Crippen molar-refractivity contribution in [3.8, 4) is 5.75 Å². The molecule has 1 N–H and O–H groups in total. The summed E-state index contributed by atoms with van der Waals surface area (Å²) in [5, 5.41) is 12.5. The monoisotopic (exact) mass is 282 g/mol. The number of thiophene rings is 1. The van der Waals surface area contributed by atoms with Gasteiger partial charge in [0.1, 0.15) is 12.4 Å². The number of aryl methyl sites for hydroxylation is 1. The summed E-state index contributed by atoms with van der Waals surface area (Å²) in [6, 6.07) is 11.3. The van der Waals surface area contributed by atoms with Crippen molar-refractivity contribution in [1.82, 2.24) is 0 Å². The van der Waals surface area contributed by atoms with Crippen molar-refractivity contribution in [2.75, 3.05) is 6.61 Å². The van der Waals surface area contributed by atoms with Crippen LogP contribution in [-0.2, 0) is 6.42 Å². The van der Waals surface area contributed by atoms with Crippen molar-refractivity contribution in [2.24, 2.45) is 0 Å². The highest BCUT2D eigenvalue weighted by atomic mass is 35.5. The lowest BCUT2D eigenvalue weighted by atomic mass is 10.2. The van der Waals surface area contributed by atoms with Crippen molar-refractivity contribution in [3.63, 3.8) is 0 Å². The molecule has 2 nitrogen and oxygen atoms in total. The number of aliphatic hydroxyl groups excluding tert-OH is 1. The standard InChI is InChI=1S/C14H15ClO2S/c15-11-3-6-13(7-4-11)17-10-12(16)5-8-14-2-1-9-18-14/h1-4,6-7,9,12,16H,5,8,10H2. The summed E-state index contributed by atoms with van der Waals surface area (Å²) in [5.74, 6) is 0.731. The second-order valence-corrected chi connectivity index (χ2v) is 5.51. The van der Waals surface area contributed by atoms with Crippen molar-refractivity contribution >= 4 is 22.9 Å². The molecule has 0 aliphatic heterocycles. The van der Waals surface area contributed by atoms with Gasteiger partial charge in [-0.2, -0.15) is 0 Å². The Morgan fingerprint density at radius 2 is 2.00 bits per heavy atom. The van der Waals surface area contributed by atoms with Crippen LogP contribution in [0, 0.1) is 0 Å². The van der Waals surface area contributed by atoms with Gasteiger partial charge in [0.25, 0.3) is 0 Å². The normalized spacial score (nSPS) is 12.3. The fourth-order valence-corrected chi connectivity index (χ4v) is 2.42. The number of ether oxygens (including phenoxy) is 1. The van der Waals surface area contributed by atoms with Crippen LogP contribution >= 0.6 is 22.9 Å². The van der Waals surface area contributed by atoms with Gasteiger partial charge in [-0.15, -0.1) is 11.3 Å². The first kappa shape index (κ1) is 13.4. The van der Waals surface area contributed by atoms with E-state index in [0.717, 1.165) is 12.2 Å². The Hall–Kier alpha value is -1.03. The summed E-state index contributed by atoms with van der Waals surface area (Å²) in [5.41, 5.74) is 0. The molecule has 0 amide bonds. The van der Waals surface area contributed by atoms with Gasteiger partial charge in [0.15, 0.2) is 0 Å². The van der Waals surface area contributed by atoms with E-state index >= 15 is 0 Å². The van der Waals surface area contributed by atoms with Crippen LogP contribution in [0.1, 0.15) is 11.3 Å². The smallest absolute Gasteiger partial charge is 0.119 e. The molecular weight excluding hydrogens is 268 g/mol. The summed E-state index contributed by atoms with van der Waals surface area (Å²) < 4.78 is 5.49. The van der Waals surface area contributed by atoms with Gasteiger partial charge in [-0.1, -0.05) is 17.7 Å². The first-order chi connectivity index (χ1) is 8.74. The summed E-state index contributed by atoms with van der Waals surface area (Å²) in [7, 11) is 0. The van der Waals surface area contributed by atoms with Crippen LogP contribution in [0.2, 0.25) is 5.02 Å². The van der Waals surface area contributed by atoms with Gasteiger partial charge in [0, 0.05) is 9.90 Å². The second kappa shape index (κ2) is 6.78. The number of halogens is 1. The van der Waals surface area contributed by atoms with Gasteiger partial charge in [-0.3, -0.25) is 0 Å². The predicted octanol–water partition coefficient (Wildman–Crippen LogP) is 3.77. The lowest BCUT2D eigenvalue weighted by Crippen LogP contribution is -2.18. The summed E-state index contributed by atoms with van der Waals surface area (Å²) in [6.07, 6.45) is 1.17. The molecule has 1 aromatic heterocycles. The minimum Gasteiger partial charge on any atom is -0.491 e. The molecule has 0 spiro atoms. The van der Waals surface area contributed by atoms with Crippen molar-refractivity contribution in [1.29, 1.82) is 0 Å². The van der Waals surface area contributed by atoms with E-state index in [0.29, 0.717) is 18.1 Å². The molecule has 1 heterocycles. The van der Waals surface area contributed by atoms with Gasteiger partial charge >= 0.3 is 0 Å². The van der Waals surface area contributed by atoms with E-state index in [-0.39, 0.29) is 0 Å². The molecule has 2 rings (SSSR count). The number of hydrogen-bond acceptors (Lipinski definition) is 3. The average molecular weight is 283 g/mol. The molecule has 0 saturated heterocycles. The number of rotatable bonds is 6. The topological polar surface area (TPSA) is 29.5 Å². The summed E-state index contributed by atoms with van der Waals surface area (Å²) >= 11 is 7.49. The molecule has 0 aliphatic carbocycles. The van der Waals surface area contributed by atoms with Crippen LogP contribution in [0.5, 0.6) is 5.75 Å². The molecule has 2 aromatic rings. The minimum atomic E-state index is -0.442. The number of aliphatic hydroxyl groups is 1. The minimum absolute atomic E-state index is 0.313. The molecule has 0 fully saturated rings. The molecule has 0 radical (unpaired) electrons. The van der Waals surface area contributed by atoms with Crippen LogP contribution in [0.15, 0.2) is 41.8 Å². The molecule has 1 aromatic carbocycles. The maximum atomic E-state index is 9.82. The van der Waals surface area contributed by atoms with Gasteiger partial charge in [0.2, 0.25) is 0 Å². The van der Waals surface area contributed by atoms with E-state index in [1.54, 1.807) is 35.6 Å². The molecule has 96 valence electrons. The lowest BCUT2D eigenvalue weighted by molar-refractivity contribution is 0.100. The zero-order chi connectivity index (χ0) is 12.8. The van der Waals surface area contributed by atoms with Crippen LogP contribution in [-0.4, -0.2) is 17.8 Å². The Morgan fingerprint density at radius 3 is 2.67 bits per heavy atom. The van der Waals surface area contributed by atoms with Gasteiger partial charge in [-0.05, 0) is 48.6 Å². The highest BCUT2D eigenvalue weighted by Crippen LogP contribution is 2.16. The zero-order valence-corrected chi connectivity index (χ0v) is 11.5. The molecular formula is C14H15ClO2S. The largest absolute Gasteiger partial charge is 0.491 e. The van der Waals surface area contributed by atoms with Gasteiger partial charge in [-0.25, -0.2) is 0 Å². The van der Waals surface area contributed by atoms with Crippen LogP contribution in [0.4, 0.5) is 0 Å². The molecule has 0 bridgehead atoms. The maximum absolute atomic E-state index is 9.82. The third-order valence-electron chi connectivity index (χ3n) is 2.56. The summed E-state index contributed by atoms with van der Waals surface area (Å²) in [6.45, 7) is 0.313. The highest BCUT2D eigenvalue weighted by molar-refractivity contribution is 7.09. The Kier molecular flexibility index (Phi) is 5.05. The van der Waals surface area contributed by atoms with E-state index < -0.39 is 6.10 Å². The van der Waals surface area contributed by atoms with Crippen LogP contribution in [0.25, 0.3) is 0 Å². The molecule has 0 aliphatic rings. The highest BCUT2D eigenvalue weighted by Gasteiger charge is 2.06. The van der Waals surface area contributed by atoms with Crippen molar-refractivity contribution in [3.05, 3.63) is 51.7 Å². The molecule has 1 unspecified atom stereocenters. The van der Waals surface area contributed by atoms with Gasteiger partial charge in [0.05, 0.1) is 6.10 Å². The van der Waals surface area contributed by atoms with Gasteiger partial charge < -0.3 is 9.84 Å². The fraction of sp³-hybridized carbons (Fsp3) is 0.286. The average Bonchev–Trinajstić information content (AvgIpc) is 2.89. The van der Waals surface area contributed by atoms with Crippen molar-refractivity contribution in [2.45, 2.75) is 18.9 Å². The first-order valence-electron chi connectivity index (χ1n) is 5.83. The van der Waals surface area contributed by atoms with E-state index in [1.807, 2.05) is 11.4 Å². The zero-order valence-electron chi connectivity index (χ0n) is 9.88. The Bertz CT molecular complexity index is 453. The van der Waals surface area contributed by atoms with E-state index in [4.69, 9.17) is 16.3 Å². The molecule has 18 heavy (non-hydrogen) atoms. The van der Waals surface area contributed by atoms with E-state index in [1.165, 1.54) is 4.88 Å². The molecule has 4 heteroatoms. The van der Waals surface area contributed by atoms with Crippen molar-refractivity contribution < 1.29 is 9.84 Å². The van der Waals surface area contributed by atoms with E-state index in [9.17, 15) is 5.11 Å². The van der Waals surface area contributed by atoms with Crippen LogP contribution in [0.3, 0.4) is 0 Å². The molecule has 0 saturated carbocycles. The maximum Gasteiger partial charge on any atom is 0.119 e. The Balaban J connectivity index is 1.71. The third-order valence-corrected chi connectivity index (χ3v) is 3.75. The quantitative estimate of drug-likeness (QED) is 0.874. The fourth-order valence-electron chi connectivity index (χ4n) is 1.57. The molecule has 1 atom stereocenters. The lowest BCUT2D eigenvalue weighted by Gasteiger charge is -2.11. The Labute approximate surface area is 116 Å². The Morgan fingerprint density at radius 1 is 1.22 bits per heavy atom. The summed E-state index contributed by atoms with van der Waals surface area (Å²) in [4.78, 5) is 1.29. The first-order valence-corrected chi connectivity index (χ1v) is 7.08. The number of benzene rings is 1. The third kappa shape index (κ3) is 4.33. The van der Waals surface area contributed by atoms with E-state index in [2.05, 4.69) is 6.07 Å².